The van der Waals surface area contributed by atoms with E-state index in [1.165, 1.54) is 11.8 Å². The fourth-order valence-electron chi connectivity index (χ4n) is 2.91. The zero-order valence-electron chi connectivity index (χ0n) is 12.2. The largest absolute Gasteiger partial charge is 0.352 e. The number of hydrogen-bond acceptors (Lipinski definition) is 4. The summed E-state index contributed by atoms with van der Waals surface area (Å²) in [5.74, 6) is 0.955. The second kappa shape index (κ2) is 4.63. The average molecular weight is 333 g/mol. The third-order valence-electron chi connectivity index (χ3n) is 4.06. The SMILES string of the molecule is Cc1[nH]nc2c1CCSc1c-2[nH]c2ccc(S(C)(=O)=O)cc12. The predicted molar refractivity (Wildman–Crippen MR) is 88.2 cm³/mol. The Bertz CT molecular complexity index is 999. The molecule has 0 aliphatic carbocycles. The molecular formula is C15H15N3O2S2. The first kappa shape index (κ1) is 13.9. The van der Waals surface area contributed by atoms with Crippen LogP contribution < -0.4 is 0 Å². The minimum absolute atomic E-state index is 0.352. The normalized spacial score (nSPS) is 14.6. The van der Waals surface area contributed by atoms with Crippen molar-refractivity contribution < 1.29 is 8.42 Å². The molecule has 1 aliphatic rings. The lowest BCUT2D eigenvalue weighted by atomic mass is 10.1. The van der Waals surface area contributed by atoms with E-state index in [0.29, 0.717) is 4.90 Å². The van der Waals surface area contributed by atoms with Gasteiger partial charge in [0.1, 0.15) is 5.69 Å². The Kier molecular flexibility index (Phi) is 2.93. The average Bonchev–Trinajstić information content (AvgIpc) is 2.94. The second-order valence-corrected chi connectivity index (χ2v) is 8.70. The molecule has 5 nitrogen and oxygen atoms in total. The number of aromatic nitrogens is 3. The van der Waals surface area contributed by atoms with E-state index in [0.717, 1.165) is 45.1 Å². The first-order chi connectivity index (χ1) is 10.4. The number of nitrogens with one attached hydrogen (secondary N) is 2. The molecule has 0 radical (unpaired) electrons. The number of rotatable bonds is 1. The number of aryl methyl sites for hydroxylation is 1. The van der Waals surface area contributed by atoms with Gasteiger partial charge in [-0.15, -0.1) is 11.8 Å². The Balaban J connectivity index is 2.03. The van der Waals surface area contributed by atoms with E-state index >= 15 is 0 Å². The predicted octanol–water partition coefficient (Wildman–Crippen LogP) is 2.92. The van der Waals surface area contributed by atoms with Crippen LogP contribution in [0.4, 0.5) is 0 Å². The van der Waals surface area contributed by atoms with Gasteiger partial charge in [-0.3, -0.25) is 5.10 Å². The van der Waals surface area contributed by atoms with Crippen molar-refractivity contribution in [3.8, 4) is 11.4 Å². The van der Waals surface area contributed by atoms with Gasteiger partial charge in [0.2, 0.25) is 0 Å². The van der Waals surface area contributed by atoms with Crippen LogP contribution in [0.3, 0.4) is 0 Å². The number of benzene rings is 1. The summed E-state index contributed by atoms with van der Waals surface area (Å²) >= 11 is 1.75. The van der Waals surface area contributed by atoms with Gasteiger partial charge in [-0.1, -0.05) is 0 Å². The summed E-state index contributed by atoms with van der Waals surface area (Å²) < 4.78 is 23.6. The highest BCUT2D eigenvalue weighted by Crippen LogP contribution is 2.42. The first-order valence-electron chi connectivity index (χ1n) is 6.98. The summed E-state index contributed by atoms with van der Waals surface area (Å²) in [7, 11) is -3.21. The number of H-pyrrole nitrogens is 2. The summed E-state index contributed by atoms with van der Waals surface area (Å²) in [6.45, 7) is 2.03. The standard InChI is InChI=1S/C15H15N3O2S2/c1-8-10-5-6-21-15-11-7-9(22(2,19)20)3-4-12(11)16-14(15)13(10)18-17-8/h3-4,7,16H,5-6H2,1-2H3,(H,17,18). The molecule has 0 fully saturated rings. The van der Waals surface area contributed by atoms with Crippen molar-refractivity contribution in [3.63, 3.8) is 0 Å². The molecule has 0 spiro atoms. The summed E-state index contributed by atoms with van der Waals surface area (Å²) in [6, 6.07) is 5.24. The molecule has 0 saturated carbocycles. The molecule has 4 rings (SSSR count). The number of aromatic amines is 2. The maximum Gasteiger partial charge on any atom is 0.175 e. The molecular weight excluding hydrogens is 318 g/mol. The van der Waals surface area contributed by atoms with Gasteiger partial charge in [-0.25, -0.2) is 8.42 Å². The van der Waals surface area contributed by atoms with Gasteiger partial charge in [0, 0.05) is 39.1 Å². The van der Waals surface area contributed by atoms with Crippen molar-refractivity contribution in [2.45, 2.75) is 23.1 Å². The molecule has 3 heterocycles. The summed E-state index contributed by atoms with van der Waals surface area (Å²) in [5.41, 5.74) is 5.22. The van der Waals surface area contributed by atoms with E-state index < -0.39 is 9.84 Å². The van der Waals surface area contributed by atoms with Crippen LogP contribution in [0.1, 0.15) is 11.3 Å². The van der Waals surface area contributed by atoms with Gasteiger partial charge in [0.05, 0.1) is 10.6 Å². The molecule has 3 aromatic rings. The van der Waals surface area contributed by atoms with Gasteiger partial charge >= 0.3 is 0 Å². The smallest absolute Gasteiger partial charge is 0.175 e. The summed E-state index contributed by atoms with van der Waals surface area (Å²) in [4.78, 5) is 4.85. The Morgan fingerprint density at radius 2 is 2.14 bits per heavy atom. The van der Waals surface area contributed by atoms with Crippen molar-refractivity contribution in [1.82, 2.24) is 15.2 Å². The van der Waals surface area contributed by atoms with Gasteiger partial charge < -0.3 is 4.98 Å². The molecule has 0 unspecified atom stereocenters. The Hall–Kier alpha value is -1.73. The first-order valence-corrected chi connectivity index (χ1v) is 9.85. The van der Waals surface area contributed by atoms with Crippen LogP contribution in [0.25, 0.3) is 22.3 Å². The van der Waals surface area contributed by atoms with Crippen molar-refractivity contribution in [1.29, 1.82) is 0 Å². The zero-order valence-corrected chi connectivity index (χ0v) is 13.9. The quantitative estimate of drug-likeness (QED) is 0.718. The van der Waals surface area contributed by atoms with Crippen LogP contribution >= 0.6 is 11.8 Å². The summed E-state index contributed by atoms with van der Waals surface area (Å²) in [5, 5.41) is 8.44. The molecule has 2 aromatic heterocycles. The monoisotopic (exact) mass is 333 g/mol. The third kappa shape index (κ3) is 1.99. The molecule has 1 aromatic carbocycles. The highest BCUT2D eigenvalue weighted by molar-refractivity contribution is 7.99. The van der Waals surface area contributed by atoms with E-state index in [9.17, 15) is 8.42 Å². The van der Waals surface area contributed by atoms with Gasteiger partial charge in [-0.2, -0.15) is 5.10 Å². The minimum Gasteiger partial charge on any atom is -0.352 e. The second-order valence-electron chi connectivity index (χ2n) is 5.58. The molecule has 22 heavy (non-hydrogen) atoms. The van der Waals surface area contributed by atoms with Crippen LogP contribution in [-0.4, -0.2) is 35.6 Å². The van der Waals surface area contributed by atoms with E-state index in [2.05, 4.69) is 15.2 Å². The number of thioether (sulfide) groups is 1. The number of fused-ring (bicyclic) bond motifs is 5. The van der Waals surface area contributed by atoms with E-state index in [4.69, 9.17) is 0 Å². The van der Waals surface area contributed by atoms with E-state index in [-0.39, 0.29) is 0 Å². The van der Waals surface area contributed by atoms with Crippen molar-refractivity contribution in [3.05, 3.63) is 29.5 Å². The van der Waals surface area contributed by atoms with Crippen LogP contribution in [0.15, 0.2) is 28.0 Å². The molecule has 2 N–H and O–H groups in total. The number of hydrogen-bond donors (Lipinski definition) is 2. The third-order valence-corrected chi connectivity index (χ3v) is 6.29. The van der Waals surface area contributed by atoms with Crippen LogP contribution in [0.5, 0.6) is 0 Å². The summed E-state index contributed by atoms with van der Waals surface area (Å²) in [6.07, 6.45) is 2.19. The van der Waals surface area contributed by atoms with E-state index in [1.54, 1.807) is 23.9 Å². The fourth-order valence-corrected chi connectivity index (χ4v) is 4.69. The maximum atomic E-state index is 11.8. The molecule has 7 heteroatoms. The molecule has 0 bridgehead atoms. The molecule has 114 valence electrons. The van der Waals surface area contributed by atoms with Crippen molar-refractivity contribution >= 4 is 32.5 Å². The van der Waals surface area contributed by atoms with Crippen LogP contribution in [0.2, 0.25) is 0 Å². The maximum absolute atomic E-state index is 11.8. The van der Waals surface area contributed by atoms with Gasteiger partial charge in [0.15, 0.2) is 9.84 Å². The minimum atomic E-state index is -3.21. The highest BCUT2D eigenvalue weighted by atomic mass is 32.2. The zero-order chi connectivity index (χ0) is 15.5. The topological polar surface area (TPSA) is 78.6 Å². The van der Waals surface area contributed by atoms with Crippen LogP contribution in [-0.2, 0) is 16.3 Å². The highest BCUT2D eigenvalue weighted by Gasteiger charge is 2.24. The Labute approximate surface area is 132 Å². The lowest BCUT2D eigenvalue weighted by Crippen LogP contribution is -1.96. The van der Waals surface area contributed by atoms with E-state index in [1.807, 2.05) is 13.0 Å². The number of sulfone groups is 1. The van der Waals surface area contributed by atoms with Gasteiger partial charge in [0.25, 0.3) is 0 Å². The number of nitrogens with zero attached hydrogens (tertiary/aromatic N) is 1. The van der Waals surface area contributed by atoms with Crippen molar-refractivity contribution in [2.24, 2.45) is 0 Å². The molecule has 0 saturated heterocycles. The van der Waals surface area contributed by atoms with Gasteiger partial charge in [-0.05, 0) is 31.5 Å². The molecule has 0 amide bonds. The van der Waals surface area contributed by atoms with Crippen LogP contribution in [0, 0.1) is 6.92 Å². The lowest BCUT2D eigenvalue weighted by Gasteiger charge is -2.01. The molecule has 0 atom stereocenters. The van der Waals surface area contributed by atoms with Crippen molar-refractivity contribution in [2.75, 3.05) is 12.0 Å². The molecule has 1 aliphatic heterocycles. The Morgan fingerprint density at radius 1 is 1.32 bits per heavy atom. The lowest BCUT2D eigenvalue weighted by molar-refractivity contribution is 0.602. The fraction of sp³-hybridized carbons (Fsp3) is 0.267. The Morgan fingerprint density at radius 3 is 2.91 bits per heavy atom.